The number of rotatable bonds is 6. The number of hydrogen-bond acceptors (Lipinski definition) is 5. The molecule has 1 aromatic heterocycles. The molecule has 0 fully saturated rings. The van der Waals surface area contributed by atoms with Gasteiger partial charge in [-0.3, -0.25) is 4.79 Å². The fourth-order valence-electron chi connectivity index (χ4n) is 2.38. The van der Waals surface area contributed by atoms with Crippen molar-refractivity contribution < 1.29 is 23.1 Å². The Hall–Kier alpha value is -2.32. The second-order valence-corrected chi connectivity index (χ2v) is 7.03. The number of halogens is 2. The van der Waals surface area contributed by atoms with Gasteiger partial charge in [0.1, 0.15) is 5.00 Å². The summed E-state index contributed by atoms with van der Waals surface area (Å²) in [6, 6.07) is 3.23. The molecule has 1 amide bonds. The van der Waals surface area contributed by atoms with Crippen LogP contribution < -0.4 is 10.6 Å². The molecule has 0 radical (unpaired) electrons. The zero-order valence-electron chi connectivity index (χ0n) is 14.9. The fraction of sp³-hybridized carbons (Fsp3) is 0.333. The van der Waals surface area contributed by atoms with Crippen molar-refractivity contribution >= 4 is 28.2 Å². The van der Waals surface area contributed by atoms with Crippen molar-refractivity contribution in [2.45, 2.75) is 26.8 Å². The molecule has 0 bridgehead atoms. The molecular formula is C18H20F2N2O3S. The second kappa shape index (κ2) is 8.37. The van der Waals surface area contributed by atoms with Crippen LogP contribution in [0.5, 0.6) is 0 Å². The molecule has 2 rings (SSSR count). The van der Waals surface area contributed by atoms with Gasteiger partial charge in [0.25, 0.3) is 0 Å². The molecule has 0 saturated heterocycles. The maximum atomic E-state index is 13.3. The summed E-state index contributed by atoms with van der Waals surface area (Å²) in [4.78, 5) is 25.0. The Kier molecular flexibility index (Phi) is 6.44. The largest absolute Gasteiger partial charge is 0.465 e. The number of carbonyl (C=O) groups excluding carboxylic acids is 2. The molecule has 140 valence electrons. The number of hydrogen-bond donors (Lipinski definition) is 2. The molecule has 1 aromatic carbocycles. The van der Waals surface area contributed by atoms with Gasteiger partial charge in [-0.25, -0.2) is 13.6 Å². The van der Waals surface area contributed by atoms with Crippen molar-refractivity contribution in [3.05, 3.63) is 51.4 Å². The highest BCUT2D eigenvalue weighted by Gasteiger charge is 2.21. The van der Waals surface area contributed by atoms with Gasteiger partial charge in [-0.15, -0.1) is 11.3 Å². The highest BCUT2D eigenvalue weighted by molar-refractivity contribution is 7.16. The summed E-state index contributed by atoms with van der Waals surface area (Å²) in [5, 5.41) is 6.06. The monoisotopic (exact) mass is 382 g/mol. The van der Waals surface area contributed by atoms with E-state index >= 15 is 0 Å². The van der Waals surface area contributed by atoms with Crippen LogP contribution in [0.4, 0.5) is 13.8 Å². The van der Waals surface area contributed by atoms with E-state index in [-0.39, 0.29) is 18.5 Å². The highest BCUT2D eigenvalue weighted by atomic mass is 32.1. The Morgan fingerprint density at radius 2 is 1.92 bits per heavy atom. The van der Waals surface area contributed by atoms with Crippen LogP contribution in [0.3, 0.4) is 0 Å². The Labute approximate surface area is 154 Å². The Bertz CT molecular complexity index is 836. The summed E-state index contributed by atoms with van der Waals surface area (Å²) in [6.07, 6.45) is 0. The molecule has 0 aliphatic rings. The molecule has 8 heteroatoms. The molecule has 0 aliphatic heterocycles. The lowest BCUT2D eigenvalue weighted by Gasteiger charge is -2.14. The van der Waals surface area contributed by atoms with Gasteiger partial charge in [0.15, 0.2) is 11.6 Å². The van der Waals surface area contributed by atoms with Gasteiger partial charge in [-0.2, -0.15) is 0 Å². The maximum absolute atomic E-state index is 13.3. The number of methoxy groups -OCH3 is 1. The Balaban J connectivity index is 2.02. The highest BCUT2D eigenvalue weighted by Crippen LogP contribution is 2.32. The predicted molar refractivity (Wildman–Crippen MR) is 96.5 cm³/mol. The van der Waals surface area contributed by atoms with Crippen LogP contribution in [-0.2, 0) is 9.53 Å². The SMILES string of the molecule is COC(=O)c1c(NC(=O)CN[C@@H](C)c2ccc(F)c(F)c2)sc(C)c1C. The number of benzene rings is 1. The molecule has 1 atom stereocenters. The average molecular weight is 382 g/mol. The number of amides is 1. The molecule has 0 unspecified atom stereocenters. The van der Waals surface area contributed by atoms with E-state index in [4.69, 9.17) is 4.74 Å². The minimum absolute atomic E-state index is 0.0588. The molecule has 0 saturated carbocycles. The number of ether oxygens (including phenoxy) is 1. The van der Waals surface area contributed by atoms with E-state index < -0.39 is 17.6 Å². The minimum Gasteiger partial charge on any atom is -0.465 e. The number of carbonyl (C=O) groups is 2. The van der Waals surface area contributed by atoms with E-state index in [1.807, 2.05) is 6.92 Å². The molecule has 2 N–H and O–H groups in total. The molecule has 2 aromatic rings. The minimum atomic E-state index is -0.937. The van der Waals surface area contributed by atoms with Crippen LogP contribution in [0, 0.1) is 25.5 Å². The normalized spacial score (nSPS) is 11.9. The summed E-state index contributed by atoms with van der Waals surface area (Å²) in [6.45, 7) is 5.32. The average Bonchev–Trinajstić information content (AvgIpc) is 2.88. The van der Waals surface area contributed by atoms with Crippen LogP contribution in [0.15, 0.2) is 18.2 Å². The van der Waals surface area contributed by atoms with E-state index in [1.165, 1.54) is 24.5 Å². The Morgan fingerprint density at radius 3 is 2.54 bits per heavy atom. The summed E-state index contributed by atoms with van der Waals surface area (Å²) in [5.74, 6) is -2.72. The molecular weight excluding hydrogens is 362 g/mol. The Morgan fingerprint density at radius 1 is 1.23 bits per heavy atom. The third-order valence-electron chi connectivity index (χ3n) is 4.04. The van der Waals surface area contributed by atoms with Crippen molar-refractivity contribution in [2.24, 2.45) is 0 Å². The topological polar surface area (TPSA) is 67.4 Å². The van der Waals surface area contributed by atoms with Crippen LogP contribution in [-0.4, -0.2) is 25.5 Å². The van der Waals surface area contributed by atoms with Gasteiger partial charge in [-0.05, 0) is 44.0 Å². The standard InChI is InChI=1S/C18H20F2N2O3S/c1-9-11(3)26-17(16(9)18(24)25-4)22-15(23)8-21-10(2)12-5-6-13(19)14(20)7-12/h5-7,10,21H,8H2,1-4H3,(H,22,23)/t10-/m0/s1. The zero-order valence-corrected chi connectivity index (χ0v) is 15.7. The van der Waals surface area contributed by atoms with Gasteiger partial charge in [0, 0.05) is 10.9 Å². The van der Waals surface area contributed by atoms with Crippen molar-refractivity contribution in [1.82, 2.24) is 5.32 Å². The number of thiophene rings is 1. The van der Waals surface area contributed by atoms with Crippen molar-refractivity contribution in [3.8, 4) is 0 Å². The molecule has 26 heavy (non-hydrogen) atoms. The first-order valence-corrected chi connectivity index (χ1v) is 8.72. The van der Waals surface area contributed by atoms with Gasteiger partial charge < -0.3 is 15.4 Å². The first-order valence-electron chi connectivity index (χ1n) is 7.91. The lowest BCUT2D eigenvalue weighted by Crippen LogP contribution is -2.30. The smallest absolute Gasteiger partial charge is 0.341 e. The maximum Gasteiger partial charge on any atom is 0.341 e. The third kappa shape index (κ3) is 4.44. The summed E-state index contributed by atoms with van der Waals surface area (Å²) < 4.78 is 31.0. The van der Waals surface area contributed by atoms with E-state index in [0.29, 0.717) is 16.1 Å². The lowest BCUT2D eigenvalue weighted by molar-refractivity contribution is -0.115. The van der Waals surface area contributed by atoms with E-state index in [2.05, 4.69) is 10.6 Å². The number of nitrogens with one attached hydrogen (secondary N) is 2. The van der Waals surface area contributed by atoms with Crippen LogP contribution in [0.1, 0.15) is 39.3 Å². The molecule has 0 spiro atoms. The van der Waals surface area contributed by atoms with Crippen LogP contribution >= 0.6 is 11.3 Å². The van der Waals surface area contributed by atoms with E-state index in [0.717, 1.165) is 22.6 Å². The van der Waals surface area contributed by atoms with Gasteiger partial charge in [0.05, 0.1) is 19.2 Å². The number of anilines is 1. The number of esters is 1. The first-order chi connectivity index (χ1) is 12.2. The van der Waals surface area contributed by atoms with Crippen LogP contribution in [0.2, 0.25) is 0 Å². The van der Waals surface area contributed by atoms with Crippen molar-refractivity contribution in [3.63, 3.8) is 0 Å². The van der Waals surface area contributed by atoms with Crippen molar-refractivity contribution in [1.29, 1.82) is 0 Å². The predicted octanol–water partition coefficient (Wildman–Crippen LogP) is 3.72. The molecule has 1 heterocycles. The molecule has 5 nitrogen and oxygen atoms in total. The second-order valence-electron chi connectivity index (χ2n) is 5.80. The van der Waals surface area contributed by atoms with Crippen molar-refractivity contribution in [2.75, 3.05) is 19.0 Å². The summed E-state index contributed by atoms with van der Waals surface area (Å²) in [5.41, 5.74) is 1.63. The van der Waals surface area contributed by atoms with E-state index in [1.54, 1.807) is 13.8 Å². The number of aryl methyl sites for hydroxylation is 1. The summed E-state index contributed by atoms with van der Waals surface area (Å²) in [7, 11) is 1.28. The van der Waals surface area contributed by atoms with E-state index in [9.17, 15) is 18.4 Å². The summed E-state index contributed by atoms with van der Waals surface area (Å²) >= 11 is 1.30. The quantitative estimate of drug-likeness (QED) is 0.748. The first kappa shape index (κ1) is 20.0. The zero-order chi connectivity index (χ0) is 19.4. The van der Waals surface area contributed by atoms with Gasteiger partial charge >= 0.3 is 5.97 Å². The van der Waals surface area contributed by atoms with Crippen LogP contribution in [0.25, 0.3) is 0 Å². The van der Waals surface area contributed by atoms with Gasteiger partial charge in [0.2, 0.25) is 5.91 Å². The lowest BCUT2D eigenvalue weighted by atomic mass is 10.1. The molecule has 0 aliphatic carbocycles. The third-order valence-corrected chi connectivity index (χ3v) is 5.16. The fourth-order valence-corrected chi connectivity index (χ4v) is 3.44. The van der Waals surface area contributed by atoms with Gasteiger partial charge in [-0.1, -0.05) is 6.07 Å².